The molecule has 10 aromatic rings. The predicted molar refractivity (Wildman–Crippen MR) is 259 cm³/mol. The highest BCUT2D eigenvalue weighted by Gasteiger charge is 2.38. The van der Waals surface area contributed by atoms with Crippen LogP contribution in [-0.4, -0.2) is 0 Å². The van der Waals surface area contributed by atoms with Crippen molar-refractivity contribution in [2.24, 2.45) is 0 Å². The van der Waals surface area contributed by atoms with E-state index in [1.807, 2.05) is 0 Å². The van der Waals surface area contributed by atoms with Crippen molar-refractivity contribution in [1.29, 1.82) is 0 Å². The van der Waals surface area contributed by atoms with Gasteiger partial charge in [0.2, 0.25) is 0 Å². The van der Waals surface area contributed by atoms with Gasteiger partial charge in [0, 0.05) is 33.4 Å². The van der Waals surface area contributed by atoms with Crippen molar-refractivity contribution in [3.05, 3.63) is 242 Å². The van der Waals surface area contributed by atoms with Gasteiger partial charge in [0.05, 0.1) is 17.1 Å². The Labute approximate surface area is 358 Å². The molecule has 61 heavy (non-hydrogen) atoms. The Kier molecular flexibility index (Phi) is 8.86. The summed E-state index contributed by atoms with van der Waals surface area (Å²) in [5.41, 5.74) is 16.4. The van der Waals surface area contributed by atoms with Gasteiger partial charge in [-0.15, -0.1) is 0 Å². The normalized spacial score (nSPS) is 12.9. The standard InChI is InChI=1S/C59H44N2/c1-59(2)54-26-13-14-27-56(54)61(58-52-24-12-10-21-45(52)32-38-53(58)44-18-7-4-8-19-44)57-39-37-49(40-55(57)59)60(47-33-28-42(29-34-47)41-16-5-3-6-17-41)48-35-30-46(31-36-48)51-25-15-22-43-20-9-11-23-50(43)51/h3-40H,1-2H3. The number of benzene rings is 10. The van der Waals surface area contributed by atoms with E-state index in [1.165, 1.54) is 83.1 Å². The highest BCUT2D eigenvalue weighted by Crippen LogP contribution is 2.56. The fourth-order valence-electron chi connectivity index (χ4n) is 9.57. The maximum absolute atomic E-state index is 2.53. The molecule has 10 aromatic carbocycles. The van der Waals surface area contributed by atoms with Crippen LogP contribution in [-0.2, 0) is 5.41 Å². The lowest BCUT2D eigenvalue weighted by Crippen LogP contribution is -2.31. The maximum Gasteiger partial charge on any atom is 0.0618 e. The molecular weight excluding hydrogens is 737 g/mol. The van der Waals surface area contributed by atoms with Gasteiger partial charge in [-0.1, -0.05) is 196 Å². The summed E-state index contributed by atoms with van der Waals surface area (Å²) >= 11 is 0. The molecule has 0 unspecified atom stereocenters. The van der Waals surface area contributed by atoms with Crippen molar-refractivity contribution in [2.75, 3.05) is 9.80 Å². The highest BCUT2D eigenvalue weighted by atomic mass is 15.2. The second kappa shape index (κ2) is 14.9. The first-order valence-electron chi connectivity index (χ1n) is 21.2. The largest absolute Gasteiger partial charge is 0.310 e. The van der Waals surface area contributed by atoms with Crippen LogP contribution in [0.2, 0.25) is 0 Å². The average molecular weight is 781 g/mol. The van der Waals surface area contributed by atoms with Gasteiger partial charge in [-0.3, -0.25) is 0 Å². The van der Waals surface area contributed by atoms with Gasteiger partial charge in [-0.25, -0.2) is 0 Å². The third kappa shape index (κ3) is 6.27. The number of fused-ring (bicyclic) bond motifs is 4. The lowest BCUT2D eigenvalue weighted by atomic mass is 9.73. The van der Waals surface area contributed by atoms with Gasteiger partial charge < -0.3 is 9.80 Å². The molecular formula is C59H44N2. The van der Waals surface area contributed by atoms with E-state index in [4.69, 9.17) is 0 Å². The third-order valence-corrected chi connectivity index (χ3v) is 12.6. The minimum absolute atomic E-state index is 0.295. The Balaban J connectivity index is 1.10. The van der Waals surface area contributed by atoms with Crippen molar-refractivity contribution in [3.8, 4) is 33.4 Å². The molecule has 0 saturated carbocycles. The molecule has 2 heteroatoms. The molecule has 0 saturated heterocycles. The molecule has 0 fully saturated rings. The smallest absolute Gasteiger partial charge is 0.0618 e. The van der Waals surface area contributed by atoms with Gasteiger partial charge in [0.1, 0.15) is 0 Å². The van der Waals surface area contributed by atoms with Gasteiger partial charge in [0.25, 0.3) is 0 Å². The number of hydrogen-bond donors (Lipinski definition) is 0. The molecule has 0 N–H and O–H groups in total. The summed E-state index contributed by atoms with van der Waals surface area (Å²) in [6, 6.07) is 84.2. The number of nitrogens with zero attached hydrogens (tertiary/aromatic N) is 2. The molecule has 0 amide bonds. The van der Waals surface area contributed by atoms with Crippen LogP contribution in [0.15, 0.2) is 231 Å². The van der Waals surface area contributed by atoms with E-state index in [9.17, 15) is 0 Å². The third-order valence-electron chi connectivity index (χ3n) is 12.6. The van der Waals surface area contributed by atoms with Crippen LogP contribution in [0.25, 0.3) is 54.9 Å². The Morgan fingerprint density at radius 1 is 0.344 bits per heavy atom. The van der Waals surface area contributed by atoms with Gasteiger partial charge in [0.15, 0.2) is 0 Å². The fraction of sp³-hybridized carbons (Fsp3) is 0.0508. The summed E-state index contributed by atoms with van der Waals surface area (Å²) < 4.78 is 0. The van der Waals surface area contributed by atoms with Crippen molar-refractivity contribution < 1.29 is 0 Å². The molecule has 11 rings (SSSR count). The van der Waals surface area contributed by atoms with Crippen molar-refractivity contribution in [1.82, 2.24) is 0 Å². The van der Waals surface area contributed by atoms with Crippen LogP contribution in [0, 0.1) is 0 Å². The van der Waals surface area contributed by atoms with Crippen LogP contribution < -0.4 is 9.80 Å². The minimum Gasteiger partial charge on any atom is -0.310 e. The molecule has 1 aliphatic heterocycles. The Bertz CT molecular complexity index is 3200. The monoisotopic (exact) mass is 780 g/mol. The average Bonchev–Trinajstić information content (AvgIpc) is 3.33. The Morgan fingerprint density at radius 2 is 0.852 bits per heavy atom. The summed E-state index contributed by atoms with van der Waals surface area (Å²) in [5.74, 6) is 0. The molecule has 0 radical (unpaired) electrons. The maximum atomic E-state index is 2.53. The molecule has 2 nitrogen and oxygen atoms in total. The summed E-state index contributed by atoms with van der Waals surface area (Å²) in [5, 5.41) is 4.94. The highest BCUT2D eigenvalue weighted by molar-refractivity contribution is 6.07. The van der Waals surface area contributed by atoms with Crippen molar-refractivity contribution in [2.45, 2.75) is 19.3 Å². The fourth-order valence-corrected chi connectivity index (χ4v) is 9.57. The van der Waals surface area contributed by atoms with Gasteiger partial charge >= 0.3 is 0 Å². The molecule has 0 bridgehead atoms. The lowest BCUT2D eigenvalue weighted by molar-refractivity contribution is 0.632. The summed E-state index contributed by atoms with van der Waals surface area (Å²) in [7, 11) is 0. The molecule has 1 aliphatic rings. The van der Waals surface area contributed by atoms with Gasteiger partial charge in [-0.2, -0.15) is 0 Å². The van der Waals surface area contributed by atoms with Gasteiger partial charge in [-0.05, 0) is 104 Å². The van der Waals surface area contributed by atoms with Crippen LogP contribution in [0.3, 0.4) is 0 Å². The van der Waals surface area contributed by atoms with Crippen molar-refractivity contribution in [3.63, 3.8) is 0 Å². The van der Waals surface area contributed by atoms with E-state index < -0.39 is 0 Å². The number of hydrogen-bond acceptors (Lipinski definition) is 2. The lowest BCUT2D eigenvalue weighted by Gasteiger charge is -2.43. The topological polar surface area (TPSA) is 6.48 Å². The zero-order valence-corrected chi connectivity index (χ0v) is 34.3. The molecule has 0 aromatic heterocycles. The second-order valence-electron chi connectivity index (χ2n) is 16.5. The Hall–Kier alpha value is -7.68. The molecule has 290 valence electrons. The first-order valence-corrected chi connectivity index (χ1v) is 21.2. The molecule has 0 atom stereocenters. The van der Waals surface area contributed by atoms with E-state index >= 15 is 0 Å². The first-order chi connectivity index (χ1) is 30.0. The number of para-hydroxylation sites is 1. The van der Waals surface area contributed by atoms with E-state index in [2.05, 4.69) is 254 Å². The zero-order chi connectivity index (χ0) is 40.9. The predicted octanol–water partition coefficient (Wildman–Crippen LogP) is 16.6. The van der Waals surface area contributed by atoms with E-state index in [0.29, 0.717) is 0 Å². The number of rotatable bonds is 7. The summed E-state index contributed by atoms with van der Waals surface area (Å²) in [6.07, 6.45) is 0. The van der Waals surface area contributed by atoms with Crippen LogP contribution >= 0.6 is 0 Å². The number of anilines is 6. The second-order valence-corrected chi connectivity index (χ2v) is 16.5. The first kappa shape index (κ1) is 36.4. The van der Waals surface area contributed by atoms with E-state index in [0.717, 1.165) is 17.1 Å². The Morgan fingerprint density at radius 3 is 1.57 bits per heavy atom. The van der Waals surface area contributed by atoms with Crippen LogP contribution in [0.5, 0.6) is 0 Å². The van der Waals surface area contributed by atoms with Crippen LogP contribution in [0.1, 0.15) is 25.0 Å². The van der Waals surface area contributed by atoms with Crippen LogP contribution in [0.4, 0.5) is 34.1 Å². The minimum atomic E-state index is -0.295. The quantitative estimate of drug-likeness (QED) is 0.159. The summed E-state index contributed by atoms with van der Waals surface area (Å²) in [4.78, 5) is 4.94. The molecule has 0 aliphatic carbocycles. The zero-order valence-electron chi connectivity index (χ0n) is 34.3. The molecule has 0 spiro atoms. The van der Waals surface area contributed by atoms with Crippen molar-refractivity contribution >= 4 is 55.7 Å². The van der Waals surface area contributed by atoms with E-state index in [1.54, 1.807) is 0 Å². The molecule has 1 heterocycles. The van der Waals surface area contributed by atoms with E-state index in [-0.39, 0.29) is 5.41 Å². The summed E-state index contributed by atoms with van der Waals surface area (Å²) in [6.45, 7) is 4.76. The SMILES string of the molecule is CC1(C)c2ccccc2N(c2c(-c3ccccc3)ccc3ccccc23)c2ccc(N(c3ccc(-c4ccccc4)cc3)c3ccc(-c4cccc5ccccc45)cc3)cc21.